The summed E-state index contributed by atoms with van der Waals surface area (Å²) < 4.78 is 17.2. The fourth-order valence-electron chi connectivity index (χ4n) is 5.05. The summed E-state index contributed by atoms with van der Waals surface area (Å²) in [5.41, 5.74) is 2.50. The first-order chi connectivity index (χ1) is 19.8. The van der Waals surface area contributed by atoms with Crippen LogP contribution in [0, 0.1) is 5.92 Å². The van der Waals surface area contributed by atoms with Gasteiger partial charge in [-0.25, -0.2) is 4.79 Å². The zero-order valence-corrected chi connectivity index (χ0v) is 23.5. The molecular formula is C31H36N4O6. The van der Waals surface area contributed by atoms with Crippen molar-refractivity contribution in [1.29, 1.82) is 0 Å². The molecule has 0 saturated heterocycles. The number of likely N-dealkylation sites (N-methyl/N-ethyl adjacent to an activating group) is 1. The van der Waals surface area contributed by atoms with Gasteiger partial charge < -0.3 is 34.9 Å². The number of hydrogen-bond acceptors (Lipinski definition) is 7. The molecule has 0 spiro atoms. The molecule has 216 valence electrons. The number of carbonyl (C=O) groups is 2. The molecule has 0 aromatic heterocycles. The minimum absolute atomic E-state index is 0.00426. The Morgan fingerprint density at radius 1 is 1.02 bits per heavy atom. The Hall–Kier alpha value is -4.28. The topological polar surface area (TPSA) is 113 Å². The van der Waals surface area contributed by atoms with E-state index < -0.39 is 6.03 Å². The van der Waals surface area contributed by atoms with E-state index >= 15 is 0 Å². The van der Waals surface area contributed by atoms with Crippen molar-refractivity contribution in [1.82, 2.24) is 9.80 Å². The van der Waals surface area contributed by atoms with Crippen molar-refractivity contribution in [3.05, 3.63) is 77.9 Å². The first-order valence-corrected chi connectivity index (χ1v) is 13.7. The van der Waals surface area contributed by atoms with Gasteiger partial charge in [-0.3, -0.25) is 9.69 Å². The minimum Gasteiger partial charge on any atom is -0.488 e. The lowest BCUT2D eigenvalue weighted by atomic mass is 9.99. The van der Waals surface area contributed by atoms with Crippen LogP contribution in [0.1, 0.15) is 29.8 Å². The van der Waals surface area contributed by atoms with Crippen LogP contribution in [0.5, 0.6) is 17.2 Å². The molecule has 0 unspecified atom stereocenters. The van der Waals surface area contributed by atoms with Crippen LogP contribution in [0.25, 0.3) is 0 Å². The molecule has 3 aromatic rings. The second-order valence-electron chi connectivity index (χ2n) is 10.7. The predicted molar refractivity (Wildman–Crippen MR) is 156 cm³/mol. The summed E-state index contributed by atoms with van der Waals surface area (Å²) in [6, 6.07) is 19.5. The Labute approximate surface area is 239 Å². The van der Waals surface area contributed by atoms with Crippen molar-refractivity contribution >= 4 is 23.3 Å². The standard InChI is InChI=1S/C31H36N4O6/c1-20-15-35(21(2)18-36)30(37)25-13-23(32-31(38)33-24-10-12-27-28(14-24)40-19-39-27)9-11-26(25)41-29(20)17-34(3)16-22-7-5-4-6-8-22/h4-14,20-21,29,36H,15-19H2,1-3H3,(H2,32,33,38)/t20-,21-,29-/m0/s1. The van der Waals surface area contributed by atoms with Gasteiger partial charge in [-0.05, 0) is 49.9 Å². The summed E-state index contributed by atoms with van der Waals surface area (Å²) in [6.45, 7) is 5.69. The smallest absolute Gasteiger partial charge is 0.323 e. The largest absolute Gasteiger partial charge is 0.488 e. The highest BCUT2D eigenvalue weighted by atomic mass is 16.7. The van der Waals surface area contributed by atoms with Gasteiger partial charge in [0.05, 0.1) is 18.2 Å². The van der Waals surface area contributed by atoms with Gasteiger partial charge in [0, 0.05) is 43.0 Å². The maximum Gasteiger partial charge on any atom is 0.323 e. The molecule has 0 bridgehead atoms. The molecule has 3 aromatic carbocycles. The average molecular weight is 561 g/mol. The maximum absolute atomic E-state index is 13.7. The minimum atomic E-state index is -0.474. The number of rotatable bonds is 8. The molecule has 3 atom stereocenters. The fraction of sp³-hybridized carbons (Fsp3) is 0.355. The van der Waals surface area contributed by atoms with E-state index in [0.717, 1.165) is 6.54 Å². The second kappa shape index (κ2) is 12.5. The number of ether oxygens (including phenoxy) is 3. The lowest BCUT2D eigenvalue weighted by Crippen LogP contribution is -2.49. The molecule has 0 fully saturated rings. The zero-order valence-electron chi connectivity index (χ0n) is 23.5. The Kier molecular flexibility index (Phi) is 8.61. The normalized spacial score (nSPS) is 18.7. The summed E-state index contributed by atoms with van der Waals surface area (Å²) in [5, 5.41) is 15.5. The second-order valence-corrected chi connectivity index (χ2v) is 10.7. The molecule has 10 heteroatoms. The number of aliphatic hydroxyl groups is 1. The SMILES string of the molecule is C[C@H]1CN([C@@H](C)CO)C(=O)c2cc(NC(=O)Nc3ccc4c(c3)OCO4)ccc2O[C@H]1CN(C)Cc1ccccc1. The highest BCUT2D eigenvalue weighted by Crippen LogP contribution is 2.34. The van der Waals surface area contributed by atoms with Gasteiger partial charge in [0.15, 0.2) is 11.5 Å². The van der Waals surface area contributed by atoms with Crippen LogP contribution in [0.15, 0.2) is 66.7 Å². The van der Waals surface area contributed by atoms with E-state index in [-0.39, 0.29) is 37.4 Å². The number of benzene rings is 3. The first-order valence-electron chi connectivity index (χ1n) is 13.7. The Balaban J connectivity index is 1.34. The van der Waals surface area contributed by atoms with Crippen LogP contribution in [0.3, 0.4) is 0 Å². The van der Waals surface area contributed by atoms with Crippen LogP contribution in [-0.2, 0) is 6.54 Å². The lowest BCUT2D eigenvalue weighted by Gasteiger charge is -2.38. The highest BCUT2D eigenvalue weighted by molar-refractivity contribution is 6.02. The molecule has 0 saturated carbocycles. The molecule has 2 heterocycles. The molecule has 2 aliphatic rings. The van der Waals surface area contributed by atoms with E-state index in [9.17, 15) is 14.7 Å². The van der Waals surface area contributed by atoms with E-state index in [1.54, 1.807) is 41.3 Å². The first kappa shape index (κ1) is 28.3. The third kappa shape index (κ3) is 6.72. The molecule has 41 heavy (non-hydrogen) atoms. The van der Waals surface area contributed by atoms with Gasteiger partial charge in [-0.15, -0.1) is 0 Å². The van der Waals surface area contributed by atoms with Gasteiger partial charge >= 0.3 is 6.03 Å². The van der Waals surface area contributed by atoms with Crippen LogP contribution in [0.4, 0.5) is 16.2 Å². The quantitative estimate of drug-likeness (QED) is 0.374. The van der Waals surface area contributed by atoms with Crippen molar-refractivity contribution < 1.29 is 28.9 Å². The van der Waals surface area contributed by atoms with Gasteiger partial charge in [0.2, 0.25) is 6.79 Å². The number of anilines is 2. The number of nitrogens with zero attached hydrogens (tertiary/aromatic N) is 2. The molecule has 10 nitrogen and oxygen atoms in total. The van der Waals surface area contributed by atoms with Gasteiger partial charge in [-0.1, -0.05) is 37.3 Å². The van der Waals surface area contributed by atoms with Crippen molar-refractivity contribution in [2.24, 2.45) is 5.92 Å². The number of urea groups is 1. The zero-order chi connectivity index (χ0) is 28.9. The molecule has 3 N–H and O–H groups in total. The van der Waals surface area contributed by atoms with E-state index in [2.05, 4.69) is 34.6 Å². The fourth-order valence-corrected chi connectivity index (χ4v) is 5.05. The number of fused-ring (bicyclic) bond motifs is 2. The molecule has 3 amide bonds. The predicted octanol–water partition coefficient (Wildman–Crippen LogP) is 4.41. The summed E-state index contributed by atoms with van der Waals surface area (Å²) >= 11 is 0. The van der Waals surface area contributed by atoms with E-state index in [0.29, 0.717) is 47.3 Å². The number of nitrogens with one attached hydrogen (secondary N) is 2. The van der Waals surface area contributed by atoms with E-state index in [1.807, 2.05) is 32.2 Å². The van der Waals surface area contributed by atoms with Crippen LogP contribution < -0.4 is 24.8 Å². The summed E-state index contributed by atoms with van der Waals surface area (Å²) in [7, 11) is 2.05. The van der Waals surface area contributed by atoms with Gasteiger partial charge in [0.1, 0.15) is 11.9 Å². The maximum atomic E-state index is 13.7. The highest BCUT2D eigenvalue weighted by Gasteiger charge is 2.33. The lowest BCUT2D eigenvalue weighted by molar-refractivity contribution is 0.0341. The monoisotopic (exact) mass is 560 g/mol. The Bertz CT molecular complexity index is 1380. The number of hydrogen-bond donors (Lipinski definition) is 3. The summed E-state index contributed by atoms with van der Waals surface area (Å²) in [4.78, 5) is 30.4. The van der Waals surface area contributed by atoms with Crippen molar-refractivity contribution in [3.8, 4) is 17.2 Å². The molecular weight excluding hydrogens is 524 g/mol. The van der Waals surface area contributed by atoms with Crippen molar-refractivity contribution in [2.45, 2.75) is 32.5 Å². The number of amides is 3. The molecule has 0 aliphatic carbocycles. The van der Waals surface area contributed by atoms with Crippen LogP contribution in [-0.4, -0.2) is 72.5 Å². The summed E-state index contributed by atoms with van der Waals surface area (Å²) in [6.07, 6.45) is -0.211. The third-order valence-electron chi connectivity index (χ3n) is 7.34. The van der Waals surface area contributed by atoms with Crippen LogP contribution in [0.2, 0.25) is 0 Å². The Morgan fingerprint density at radius 2 is 1.71 bits per heavy atom. The molecule has 0 radical (unpaired) electrons. The van der Waals surface area contributed by atoms with Crippen LogP contribution >= 0.6 is 0 Å². The summed E-state index contributed by atoms with van der Waals surface area (Å²) in [5.74, 6) is 1.37. The average Bonchev–Trinajstić information content (AvgIpc) is 3.43. The van der Waals surface area contributed by atoms with Gasteiger partial charge in [0.25, 0.3) is 5.91 Å². The molecule has 2 aliphatic heterocycles. The number of carbonyl (C=O) groups excluding carboxylic acids is 2. The van der Waals surface area contributed by atoms with E-state index in [1.165, 1.54) is 5.56 Å². The number of aliphatic hydroxyl groups excluding tert-OH is 1. The third-order valence-corrected chi connectivity index (χ3v) is 7.34. The van der Waals surface area contributed by atoms with Crippen molar-refractivity contribution in [3.63, 3.8) is 0 Å². The van der Waals surface area contributed by atoms with E-state index in [4.69, 9.17) is 14.2 Å². The van der Waals surface area contributed by atoms with Crippen molar-refractivity contribution in [2.75, 3.05) is 44.2 Å². The molecule has 5 rings (SSSR count). The Morgan fingerprint density at radius 3 is 2.44 bits per heavy atom. The van der Waals surface area contributed by atoms with Gasteiger partial charge in [-0.2, -0.15) is 0 Å².